The van der Waals surface area contributed by atoms with Gasteiger partial charge in [-0.1, -0.05) is 20.8 Å². The first-order valence-electron chi connectivity index (χ1n) is 5.22. The monoisotopic (exact) mass is 219 g/mol. The first-order valence-corrected chi connectivity index (χ1v) is 5.22. The van der Waals surface area contributed by atoms with Gasteiger partial charge in [-0.3, -0.25) is 4.79 Å². The van der Waals surface area contributed by atoms with Crippen LogP contribution in [0.25, 0.3) is 0 Å². The van der Waals surface area contributed by atoms with Crippen molar-refractivity contribution in [2.24, 2.45) is 5.92 Å². The first kappa shape index (κ1) is 14.3. The Bertz CT molecular complexity index is 196. The lowest BCUT2D eigenvalue weighted by molar-refractivity contribution is -0.137. The van der Waals surface area contributed by atoms with E-state index in [4.69, 9.17) is 0 Å². The molecule has 90 valence electrons. The van der Waals surface area contributed by atoms with Gasteiger partial charge in [0.05, 0.1) is 12.2 Å². The van der Waals surface area contributed by atoms with E-state index in [1.54, 1.807) is 20.8 Å². The molecule has 0 aliphatic rings. The smallest absolute Gasteiger partial charge is 0.251 e. The average Bonchev–Trinajstić information content (AvgIpc) is 2.22. The second-order valence-electron chi connectivity index (χ2n) is 3.99. The third-order valence-electron chi connectivity index (χ3n) is 2.26. The van der Waals surface area contributed by atoms with Crippen molar-refractivity contribution in [3.05, 3.63) is 0 Å². The summed E-state index contributed by atoms with van der Waals surface area (Å²) in [7, 11) is 0. The molecule has 15 heavy (non-hydrogen) atoms. The lowest BCUT2D eigenvalue weighted by Gasteiger charge is -2.20. The Hall–Kier alpha value is -0.650. The van der Waals surface area contributed by atoms with E-state index >= 15 is 0 Å². The summed E-state index contributed by atoms with van der Waals surface area (Å²) >= 11 is 0. The number of hydrogen-bond acceptors (Lipinski definition) is 4. The van der Waals surface area contributed by atoms with Crippen LogP contribution in [0.3, 0.4) is 0 Å². The normalized spacial score (nSPS) is 17.3. The highest BCUT2D eigenvalue weighted by Crippen LogP contribution is 2.06. The van der Waals surface area contributed by atoms with Crippen LogP contribution in [0, 0.1) is 5.92 Å². The fourth-order valence-electron chi connectivity index (χ4n) is 0.987. The first-order chi connectivity index (χ1) is 6.90. The summed E-state index contributed by atoms with van der Waals surface area (Å²) in [4.78, 5) is 11.3. The minimum Gasteiger partial charge on any atom is -0.391 e. The van der Waals surface area contributed by atoms with E-state index in [0.717, 1.165) is 0 Å². The molecule has 3 atom stereocenters. The molecule has 0 heterocycles. The Kier molecular flexibility index (Phi) is 6.47. The van der Waals surface area contributed by atoms with Crippen molar-refractivity contribution in [2.75, 3.05) is 6.54 Å². The number of carbonyl (C=O) groups is 1. The fourth-order valence-corrected chi connectivity index (χ4v) is 0.987. The van der Waals surface area contributed by atoms with Crippen molar-refractivity contribution in [3.63, 3.8) is 0 Å². The van der Waals surface area contributed by atoms with Crippen molar-refractivity contribution in [1.82, 2.24) is 5.32 Å². The van der Waals surface area contributed by atoms with Gasteiger partial charge in [0, 0.05) is 6.54 Å². The lowest BCUT2D eigenvalue weighted by Crippen LogP contribution is -2.46. The van der Waals surface area contributed by atoms with Crippen LogP contribution in [0.4, 0.5) is 0 Å². The Labute approximate surface area is 90.1 Å². The van der Waals surface area contributed by atoms with Gasteiger partial charge in [-0.15, -0.1) is 0 Å². The Morgan fingerprint density at radius 1 is 1.27 bits per heavy atom. The number of amides is 1. The molecule has 0 aromatic heterocycles. The maximum Gasteiger partial charge on any atom is 0.251 e. The Morgan fingerprint density at radius 2 is 1.80 bits per heavy atom. The van der Waals surface area contributed by atoms with Crippen LogP contribution in [-0.2, 0) is 4.79 Å². The number of hydrogen-bond donors (Lipinski definition) is 4. The molecule has 0 saturated carbocycles. The molecule has 5 heteroatoms. The molecule has 4 N–H and O–H groups in total. The summed E-state index contributed by atoms with van der Waals surface area (Å²) in [5, 5.41) is 30.4. The third-order valence-corrected chi connectivity index (χ3v) is 2.26. The Morgan fingerprint density at radius 3 is 2.20 bits per heavy atom. The van der Waals surface area contributed by atoms with Crippen LogP contribution < -0.4 is 5.32 Å². The maximum atomic E-state index is 11.3. The van der Waals surface area contributed by atoms with Gasteiger partial charge in [-0.25, -0.2) is 0 Å². The number of nitrogens with one attached hydrogen (secondary N) is 1. The quantitative estimate of drug-likeness (QED) is 0.473. The molecule has 0 bridgehead atoms. The highest BCUT2D eigenvalue weighted by molar-refractivity contribution is 5.81. The van der Waals surface area contributed by atoms with E-state index in [2.05, 4.69) is 5.32 Å². The van der Waals surface area contributed by atoms with Crippen LogP contribution in [0.2, 0.25) is 0 Å². The van der Waals surface area contributed by atoms with E-state index in [1.165, 1.54) is 0 Å². The molecule has 0 unspecified atom stereocenters. The second kappa shape index (κ2) is 6.76. The zero-order valence-corrected chi connectivity index (χ0v) is 9.47. The van der Waals surface area contributed by atoms with Gasteiger partial charge in [0.2, 0.25) is 0 Å². The summed E-state index contributed by atoms with van der Waals surface area (Å²) in [5.74, 6) is -0.842. The highest BCUT2D eigenvalue weighted by Gasteiger charge is 2.26. The third kappa shape index (κ3) is 5.11. The van der Waals surface area contributed by atoms with Gasteiger partial charge in [0.1, 0.15) is 0 Å². The van der Waals surface area contributed by atoms with Crippen molar-refractivity contribution in [2.45, 2.75) is 45.5 Å². The standard InChI is InChI=1S/C10H21NO4/c1-4-7(12)5-11-10(15)9(14)8(13)6(2)3/h6-9,12-14H,4-5H2,1-3H3,(H,11,15)/t7-,8+,9-/m0/s1. The maximum absolute atomic E-state index is 11.3. The van der Waals surface area contributed by atoms with Gasteiger partial charge in [-0.05, 0) is 12.3 Å². The molecule has 1 amide bonds. The zero-order valence-electron chi connectivity index (χ0n) is 9.47. The molecule has 5 nitrogen and oxygen atoms in total. The minimum atomic E-state index is -1.44. The molecule has 0 spiro atoms. The molecule has 0 aliphatic heterocycles. The summed E-state index contributed by atoms with van der Waals surface area (Å²) in [6, 6.07) is 0. The topological polar surface area (TPSA) is 89.8 Å². The number of aliphatic hydroxyl groups excluding tert-OH is 3. The SMILES string of the molecule is CC[C@H](O)CNC(=O)[C@@H](O)[C@H](O)C(C)C. The second-order valence-corrected chi connectivity index (χ2v) is 3.99. The van der Waals surface area contributed by atoms with E-state index in [-0.39, 0.29) is 12.5 Å². The average molecular weight is 219 g/mol. The highest BCUT2D eigenvalue weighted by atomic mass is 16.3. The van der Waals surface area contributed by atoms with Crippen LogP contribution in [-0.4, -0.2) is 46.1 Å². The van der Waals surface area contributed by atoms with Crippen LogP contribution in [0.5, 0.6) is 0 Å². The number of aliphatic hydroxyl groups is 3. The summed E-state index contributed by atoms with van der Waals surface area (Å²) < 4.78 is 0. The van der Waals surface area contributed by atoms with Crippen molar-refractivity contribution >= 4 is 5.91 Å². The predicted molar refractivity (Wildman–Crippen MR) is 56.2 cm³/mol. The van der Waals surface area contributed by atoms with Crippen molar-refractivity contribution < 1.29 is 20.1 Å². The van der Waals surface area contributed by atoms with Gasteiger partial charge >= 0.3 is 0 Å². The summed E-state index contributed by atoms with van der Waals surface area (Å²) in [6.07, 6.45) is -2.60. The molecular formula is C10H21NO4. The van der Waals surface area contributed by atoms with Crippen LogP contribution in [0.15, 0.2) is 0 Å². The molecule has 0 saturated heterocycles. The largest absolute Gasteiger partial charge is 0.391 e. The number of carbonyl (C=O) groups excluding carboxylic acids is 1. The lowest BCUT2D eigenvalue weighted by atomic mass is 10.0. The number of rotatable bonds is 6. The zero-order chi connectivity index (χ0) is 12.0. The van der Waals surface area contributed by atoms with E-state index in [9.17, 15) is 20.1 Å². The van der Waals surface area contributed by atoms with E-state index in [0.29, 0.717) is 6.42 Å². The van der Waals surface area contributed by atoms with Gasteiger partial charge in [-0.2, -0.15) is 0 Å². The molecule has 0 aromatic rings. The molecule has 0 rings (SSSR count). The molecule has 0 radical (unpaired) electrons. The minimum absolute atomic E-state index is 0.0945. The van der Waals surface area contributed by atoms with Gasteiger partial charge in [0.15, 0.2) is 6.10 Å². The molecular weight excluding hydrogens is 198 g/mol. The van der Waals surface area contributed by atoms with Crippen molar-refractivity contribution in [3.8, 4) is 0 Å². The fraction of sp³-hybridized carbons (Fsp3) is 0.900. The van der Waals surface area contributed by atoms with E-state index < -0.39 is 24.2 Å². The molecule has 0 fully saturated rings. The van der Waals surface area contributed by atoms with E-state index in [1.807, 2.05) is 0 Å². The van der Waals surface area contributed by atoms with Crippen LogP contribution >= 0.6 is 0 Å². The molecule has 0 aromatic carbocycles. The summed E-state index contributed by atoms with van der Waals surface area (Å²) in [6.45, 7) is 5.30. The van der Waals surface area contributed by atoms with Gasteiger partial charge < -0.3 is 20.6 Å². The van der Waals surface area contributed by atoms with Gasteiger partial charge in [0.25, 0.3) is 5.91 Å². The van der Waals surface area contributed by atoms with Crippen molar-refractivity contribution in [1.29, 1.82) is 0 Å². The summed E-state index contributed by atoms with van der Waals surface area (Å²) in [5.41, 5.74) is 0. The van der Waals surface area contributed by atoms with Crippen LogP contribution in [0.1, 0.15) is 27.2 Å². The predicted octanol–water partition coefficient (Wildman–Crippen LogP) is -0.749. The molecule has 0 aliphatic carbocycles. The Balaban J connectivity index is 3.99.